The normalized spacial score (nSPS) is 12.3. The Morgan fingerprint density at radius 1 is 1.00 bits per heavy atom. The predicted molar refractivity (Wildman–Crippen MR) is 141 cm³/mol. The number of guanidine groups is 1. The summed E-state index contributed by atoms with van der Waals surface area (Å²) in [7, 11) is 0. The minimum absolute atomic E-state index is 0.0464. The number of carboxylic acid groups (broad SMARTS) is 1. The van der Waals surface area contributed by atoms with E-state index in [1.807, 2.05) is 6.07 Å². The van der Waals surface area contributed by atoms with Crippen LogP contribution in [0.1, 0.15) is 52.0 Å². The van der Waals surface area contributed by atoms with Gasteiger partial charge in [-0.2, -0.15) is 0 Å². The first-order chi connectivity index (χ1) is 18.3. The third-order valence-electron chi connectivity index (χ3n) is 4.88. The van der Waals surface area contributed by atoms with Crippen molar-refractivity contribution in [1.82, 2.24) is 16.0 Å². The van der Waals surface area contributed by atoms with E-state index in [-0.39, 0.29) is 38.4 Å². The van der Waals surface area contributed by atoms with E-state index in [4.69, 9.17) is 20.9 Å². The van der Waals surface area contributed by atoms with Crippen molar-refractivity contribution in [3.05, 3.63) is 35.9 Å². The Morgan fingerprint density at radius 3 is 2.26 bits per heavy atom. The van der Waals surface area contributed by atoms with Gasteiger partial charge in [-0.25, -0.2) is 9.59 Å². The van der Waals surface area contributed by atoms with Gasteiger partial charge in [0.15, 0.2) is 5.96 Å². The average Bonchev–Trinajstić information content (AvgIpc) is 2.84. The number of alkyl carbamates (subject to hydrolysis) is 1. The highest BCUT2D eigenvalue weighted by Crippen LogP contribution is 2.10. The molecular weight excluding hydrogens is 512 g/mol. The van der Waals surface area contributed by atoms with E-state index in [2.05, 4.69) is 20.9 Å². The number of ether oxygens (including phenoxy) is 2. The molecule has 14 heteroatoms. The minimum Gasteiger partial charge on any atom is -0.480 e. The Labute approximate surface area is 226 Å². The summed E-state index contributed by atoms with van der Waals surface area (Å²) in [4.78, 5) is 64.7. The molecule has 0 fully saturated rings. The fourth-order valence-electron chi connectivity index (χ4n) is 3.13. The lowest BCUT2D eigenvalue weighted by molar-refractivity contribution is -0.155. The van der Waals surface area contributed by atoms with Gasteiger partial charge < -0.3 is 42.0 Å². The molecule has 0 unspecified atom stereocenters. The first-order valence-electron chi connectivity index (χ1n) is 12.3. The summed E-state index contributed by atoms with van der Waals surface area (Å²) in [6.45, 7) is 4.65. The number of hydrogen-bond acceptors (Lipinski definition) is 8. The van der Waals surface area contributed by atoms with Gasteiger partial charge in [-0.1, -0.05) is 30.3 Å². The van der Waals surface area contributed by atoms with Crippen molar-refractivity contribution in [3.63, 3.8) is 0 Å². The van der Waals surface area contributed by atoms with E-state index >= 15 is 0 Å². The fraction of sp³-hybridized carbons (Fsp3) is 0.520. The molecule has 0 spiro atoms. The van der Waals surface area contributed by atoms with Gasteiger partial charge in [0, 0.05) is 13.0 Å². The maximum Gasteiger partial charge on any atom is 0.408 e. The Morgan fingerprint density at radius 2 is 1.67 bits per heavy atom. The molecule has 2 atom stereocenters. The molecule has 0 aliphatic rings. The van der Waals surface area contributed by atoms with Crippen molar-refractivity contribution >= 4 is 35.8 Å². The molecule has 0 aliphatic heterocycles. The molecule has 0 bridgehead atoms. The van der Waals surface area contributed by atoms with Gasteiger partial charge in [-0.15, -0.1) is 0 Å². The van der Waals surface area contributed by atoms with Crippen molar-refractivity contribution in [3.8, 4) is 0 Å². The van der Waals surface area contributed by atoms with Crippen LogP contribution in [0.2, 0.25) is 0 Å². The highest BCUT2D eigenvalue weighted by molar-refractivity contribution is 5.91. The smallest absolute Gasteiger partial charge is 0.408 e. The van der Waals surface area contributed by atoms with E-state index < -0.39 is 54.1 Å². The number of amides is 3. The molecule has 1 aromatic carbocycles. The number of carbonyl (C=O) groups is 5. The van der Waals surface area contributed by atoms with Crippen LogP contribution in [0.5, 0.6) is 0 Å². The summed E-state index contributed by atoms with van der Waals surface area (Å²) in [5, 5.41) is 16.4. The number of aliphatic imine (C=N–C) groups is 1. The number of hydrogen-bond donors (Lipinski definition) is 6. The lowest BCUT2D eigenvalue weighted by Crippen LogP contribution is -2.51. The van der Waals surface area contributed by atoms with E-state index in [0.717, 1.165) is 5.56 Å². The Kier molecular flexibility index (Phi) is 13.8. The molecule has 1 rings (SSSR count). The lowest BCUT2D eigenvalue weighted by atomic mass is 10.1. The van der Waals surface area contributed by atoms with Crippen LogP contribution in [0.3, 0.4) is 0 Å². The quantitative estimate of drug-likeness (QED) is 0.0749. The van der Waals surface area contributed by atoms with Crippen molar-refractivity contribution in [2.45, 2.75) is 70.7 Å². The standard InChI is InChI=1S/C25H38N6O8/c1-25(2,3)39-20(33)12-11-17(31-24(37)38-15-16-8-5-4-6-9-16)21(34)29-14-19(32)30-18(22(35)36)10-7-13-28-23(26)27/h4-6,8-9,17-18H,7,10-15H2,1-3H3,(H,29,34)(H,30,32)(H,31,37)(H,35,36)(H4,26,27,28)/t17-,18+/m1/s1. The van der Waals surface area contributed by atoms with Crippen molar-refractivity contribution in [2.24, 2.45) is 16.5 Å². The number of nitrogens with one attached hydrogen (secondary N) is 3. The average molecular weight is 551 g/mol. The second-order valence-corrected chi connectivity index (χ2v) is 9.51. The third kappa shape index (κ3) is 15.5. The van der Waals surface area contributed by atoms with Crippen LogP contribution < -0.4 is 27.4 Å². The Hall–Kier alpha value is -4.36. The van der Waals surface area contributed by atoms with Crippen molar-refractivity contribution < 1.29 is 38.6 Å². The van der Waals surface area contributed by atoms with Crippen molar-refractivity contribution in [2.75, 3.05) is 13.1 Å². The van der Waals surface area contributed by atoms with Gasteiger partial charge in [0.2, 0.25) is 11.8 Å². The molecule has 0 heterocycles. The summed E-state index contributed by atoms with van der Waals surface area (Å²) in [5.41, 5.74) is 10.4. The van der Waals surface area contributed by atoms with Crippen LogP contribution in [-0.2, 0) is 35.3 Å². The maximum absolute atomic E-state index is 12.8. The zero-order chi connectivity index (χ0) is 29.4. The first kappa shape index (κ1) is 32.7. The molecule has 0 aromatic heterocycles. The maximum atomic E-state index is 12.8. The number of carbonyl (C=O) groups excluding carboxylic acids is 4. The highest BCUT2D eigenvalue weighted by Gasteiger charge is 2.26. The third-order valence-corrected chi connectivity index (χ3v) is 4.88. The predicted octanol–water partition coefficient (Wildman–Crippen LogP) is 0.143. The minimum atomic E-state index is -1.27. The van der Waals surface area contributed by atoms with Gasteiger partial charge >= 0.3 is 18.0 Å². The molecule has 0 radical (unpaired) electrons. The van der Waals surface area contributed by atoms with E-state index in [1.54, 1.807) is 45.0 Å². The van der Waals surface area contributed by atoms with Gasteiger partial charge in [0.1, 0.15) is 24.3 Å². The van der Waals surface area contributed by atoms with Crippen LogP contribution in [0, 0.1) is 0 Å². The van der Waals surface area contributed by atoms with Crippen LogP contribution in [0.25, 0.3) is 0 Å². The Balaban J connectivity index is 2.71. The Bertz CT molecular complexity index is 1010. The topological polar surface area (TPSA) is 225 Å². The number of aliphatic carboxylic acids is 1. The van der Waals surface area contributed by atoms with Gasteiger partial charge in [0.25, 0.3) is 0 Å². The molecule has 0 saturated heterocycles. The number of esters is 1. The lowest BCUT2D eigenvalue weighted by Gasteiger charge is -2.21. The summed E-state index contributed by atoms with van der Waals surface area (Å²) in [5.74, 6) is -3.52. The summed E-state index contributed by atoms with van der Waals surface area (Å²) in [6.07, 6.45) is -0.884. The largest absolute Gasteiger partial charge is 0.480 e. The van der Waals surface area contributed by atoms with E-state index in [0.29, 0.717) is 6.42 Å². The van der Waals surface area contributed by atoms with Gasteiger partial charge in [-0.05, 0) is 45.6 Å². The molecule has 8 N–H and O–H groups in total. The molecule has 39 heavy (non-hydrogen) atoms. The number of benzene rings is 1. The van der Waals surface area contributed by atoms with Gasteiger partial charge in [0.05, 0.1) is 6.54 Å². The zero-order valence-corrected chi connectivity index (χ0v) is 22.4. The molecule has 1 aromatic rings. The van der Waals surface area contributed by atoms with E-state index in [1.165, 1.54) is 0 Å². The van der Waals surface area contributed by atoms with Crippen LogP contribution >= 0.6 is 0 Å². The number of nitrogens with two attached hydrogens (primary N) is 2. The molecule has 3 amide bonds. The fourth-order valence-corrected chi connectivity index (χ4v) is 3.13. The summed E-state index contributed by atoms with van der Waals surface area (Å²) >= 11 is 0. The molecule has 14 nitrogen and oxygen atoms in total. The monoisotopic (exact) mass is 550 g/mol. The SMILES string of the molecule is CC(C)(C)OC(=O)CC[C@@H](NC(=O)OCc1ccccc1)C(=O)NCC(=O)N[C@@H](CCCN=C(N)N)C(=O)O. The number of nitrogens with zero attached hydrogens (tertiary/aromatic N) is 1. The zero-order valence-electron chi connectivity index (χ0n) is 22.4. The van der Waals surface area contributed by atoms with Crippen LogP contribution in [0.4, 0.5) is 4.79 Å². The molecular formula is C25H38N6O8. The molecule has 0 saturated carbocycles. The second kappa shape index (κ2) is 16.5. The van der Waals surface area contributed by atoms with Gasteiger partial charge in [-0.3, -0.25) is 19.4 Å². The van der Waals surface area contributed by atoms with E-state index in [9.17, 15) is 29.1 Å². The molecule has 0 aliphatic carbocycles. The summed E-state index contributed by atoms with van der Waals surface area (Å²) in [6, 6.07) is 6.41. The van der Waals surface area contributed by atoms with Crippen LogP contribution in [-0.4, -0.2) is 71.7 Å². The second-order valence-electron chi connectivity index (χ2n) is 9.51. The number of rotatable bonds is 15. The summed E-state index contributed by atoms with van der Waals surface area (Å²) < 4.78 is 10.4. The van der Waals surface area contributed by atoms with Crippen LogP contribution in [0.15, 0.2) is 35.3 Å². The molecule has 216 valence electrons. The highest BCUT2D eigenvalue weighted by atomic mass is 16.6. The van der Waals surface area contributed by atoms with Crippen molar-refractivity contribution in [1.29, 1.82) is 0 Å². The first-order valence-corrected chi connectivity index (χ1v) is 12.3. The number of carboxylic acids is 1.